The molecule has 1 heterocycles. The molecule has 1 N–H and O–H groups in total. The molecule has 0 bridgehead atoms. The van der Waals surface area contributed by atoms with Gasteiger partial charge >= 0.3 is 5.97 Å². The van der Waals surface area contributed by atoms with Crippen LogP contribution in [0.5, 0.6) is 23.0 Å². The number of halogens is 1. The summed E-state index contributed by atoms with van der Waals surface area (Å²) in [5.74, 6) is 0.996. The van der Waals surface area contributed by atoms with Crippen LogP contribution >= 0.6 is 15.9 Å². The molecule has 3 unspecified atom stereocenters. The number of phenols is 1. The van der Waals surface area contributed by atoms with Crippen molar-refractivity contribution >= 4 is 21.9 Å². The van der Waals surface area contributed by atoms with E-state index in [9.17, 15) is 9.90 Å². The van der Waals surface area contributed by atoms with E-state index in [2.05, 4.69) is 15.9 Å². The second kappa shape index (κ2) is 7.20. The minimum absolute atomic E-state index is 0.0279. The van der Waals surface area contributed by atoms with Crippen molar-refractivity contribution in [1.82, 2.24) is 0 Å². The summed E-state index contributed by atoms with van der Waals surface area (Å²) in [4.78, 5) is 12.6. The first kappa shape index (κ1) is 18.9. The van der Waals surface area contributed by atoms with E-state index in [-0.39, 0.29) is 29.5 Å². The van der Waals surface area contributed by atoms with Gasteiger partial charge in [0, 0.05) is 11.8 Å². The number of hydrogen-bond donors (Lipinski definition) is 1. The zero-order valence-electron chi connectivity index (χ0n) is 15.8. The first-order valence-corrected chi connectivity index (χ1v) is 9.75. The van der Waals surface area contributed by atoms with Gasteiger partial charge in [0.15, 0.2) is 23.0 Å². The smallest absolute Gasteiger partial charge is 0.310 e. The normalized spacial score (nSPS) is 22.9. The topological polar surface area (TPSA) is 74.2 Å². The number of esters is 1. The van der Waals surface area contributed by atoms with Gasteiger partial charge in [0.05, 0.1) is 38.3 Å². The van der Waals surface area contributed by atoms with Gasteiger partial charge < -0.3 is 24.1 Å². The standard InChI is InChI=1S/C21H21BrO6/c1-25-15-6-10-4-12-9-28-21(24)19(12)18(13(10)8-16(15)26-2)11-5-14(22)20(23)17(7-11)27-3/h5-8,12,18-19,23H,4,9H2,1-3H3. The zero-order valence-corrected chi connectivity index (χ0v) is 17.4. The molecular weight excluding hydrogens is 428 g/mol. The lowest BCUT2D eigenvalue weighted by molar-refractivity contribution is -0.141. The molecule has 1 fully saturated rings. The Morgan fingerprint density at radius 3 is 2.39 bits per heavy atom. The molecule has 4 rings (SSSR count). The highest BCUT2D eigenvalue weighted by Crippen LogP contribution is 2.51. The molecule has 3 atom stereocenters. The van der Waals surface area contributed by atoms with E-state index in [0.717, 1.165) is 23.1 Å². The summed E-state index contributed by atoms with van der Waals surface area (Å²) < 4.78 is 22.2. The number of methoxy groups -OCH3 is 3. The van der Waals surface area contributed by atoms with Gasteiger partial charge in [-0.3, -0.25) is 4.79 Å². The average Bonchev–Trinajstić information content (AvgIpc) is 3.07. The van der Waals surface area contributed by atoms with E-state index >= 15 is 0 Å². The third-order valence-corrected chi connectivity index (χ3v) is 6.28. The molecular formula is C21H21BrO6. The summed E-state index contributed by atoms with van der Waals surface area (Å²) in [6.07, 6.45) is 0.735. The molecule has 28 heavy (non-hydrogen) atoms. The van der Waals surface area contributed by atoms with Crippen LogP contribution in [0.3, 0.4) is 0 Å². The van der Waals surface area contributed by atoms with Gasteiger partial charge in [-0.2, -0.15) is 0 Å². The second-order valence-corrected chi connectivity index (χ2v) is 7.91. The minimum atomic E-state index is -0.299. The molecule has 148 valence electrons. The minimum Gasteiger partial charge on any atom is -0.503 e. The molecule has 7 heteroatoms. The highest BCUT2D eigenvalue weighted by Gasteiger charge is 2.48. The van der Waals surface area contributed by atoms with Gasteiger partial charge in [-0.1, -0.05) is 0 Å². The van der Waals surface area contributed by atoms with Crippen molar-refractivity contribution in [3.8, 4) is 23.0 Å². The molecule has 2 aromatic carbocycles. The molecule has 2 aromatic rings. The number of rotatable bonds is 4. The van der Waals surface area contributed by atoms with E-state index in [1.165, 1.54) is 7.11 Å². The second-order valence-electron chi connectivity index (χ2n) is 7.06. The highest BCUT2D eigenvalue weighted by atomic mass is 79.9. The van der Waals surface area contributed by atoms with E-state index in [4.69, 9.17) is 18.9 Å². The van der Waals surface area contributed by atoms with Gasteiger partial charge in [0.25, 0.3) is 0 Å². The van der Waals surface area contributed by atoms with Crippen LogP contribution in [0.2, 0.25) is 0 Å². The molecule has 0 radical (unpaired) electrons. The van der Waals surface area contributed by atoms with E-state index in [1.807, 2.05) is 18.2 Å². The summed E-state index contributed by atoms with van der Waals surface area (Å²) in [6.45, 7) is 0.407. The maximum atomic E-state index is 12.6. The highest BCUT2D eigenvalue weighted by molar-refractivity contribution is 9.10. The van der Waals surface area contributed by atoms with Crippen LogP contribution in [-0.4, -0.2) is 39.0 Å². The zero-order chi connectivity index (χ0) is 20.0. The summed E-state index contributed by atoms with van der Waals surface area (Å²) in [6, 6.07) is 7.52. The Morgan fingerprint density at radius 2 is 1.71 bits per heavy atom. The van der Waals surface area contributed by atoms with Gasteiger partial charge in [0.1, 0.15) is 0 Å². The largest absolute Gasteiger partial charge is 0.503 e. The molecule has 0 aromatic heterocycles. The predicted octanol–water partition coefficient (Wildman–Crippen LogP) is 3.66. The van der Waals surface area contributed by atoms with Crippen LogP contribution in [0.15, 0.2) is 28.7 Å². The Balaban J connectivity index is 1.94. The molecule has 1 aliphatic heterocycles. The van der Waals surface area contributed by atoms with Crippen molar-refractivity contribution in [3.05, 3.63) is 45.4 Å². The van der Waals surface area contributed by atoms with Crippen molar-refractivity contribution < 1.29 is 28.8 Å². The number of benzene rings is 2. The molecule has 0 spiro atoms. The number of carbonyl (C=O) groups is 1. The molecule has 1 saturated heterocycles. The third kappa shape index (κ3) is 2.89. The first-order chi connectivity index (χ1) is 13.5. The Bertz CT molecular complexity index is 941. The van der Waals surface area contributed by atoms with Gasteiger partial charge in [-0.25, -0.2) is 0 Å². The van der Waals surface area contributed by atoms with Gasteiger partial charge in [-0.15, -0.1) is 0 Å². The van der Waals surface area contributed by atoms with Crippen molar-refractivity contribution in [2.75, 3.05) is 27.9 Å². The van der Waals surface area contributed by atoms with Crippen LogP contribution in [-0.2, 0) is 16.0 Å². The van der Waals surface area contributed by atoms with Crippen molar-refractivity contribution in [3.63, 3.8) is 0 Å². The van der Waals surface area contributed by atoms with Crippen molar-refractivity contribution in [1.29, 1.82) is 0 Å². The lowest BCUT2D eigenvalue weighted by Gasteiger charge is -2.34. The van der Waals surface area contributed by atoms with Crippen molar-refractivity contribution in [2.45, 2.75) is 12.3 Å². The van der Waals surface area contributed by atoms with Gasteiger partial charge in [0.2, 0.25) is 0 Å². The van der Waals surface area contributed by atoms with Gasteiger partial charge in [-0.05, 0) is 63.3 Å². The SMILES string of the molecule is COc1cc2c(cc1OC)C(c1cc(Br)c(O)c(OC)c1)C1C(=O)OCC1C2. The molecule has 2 aliphatic rings. The molecule has 1 aliphatic carbocycles. The fourth-order valence-corrected chi connectivity index (χ4v) is 4.83. The fourth-order valence-electron chi connectivity index (χ4n) is 4.37. The number of hydrogen-bond acceptors (Lipinski definition) is 6. The summed E-state index contributed by atoms with van der Waals surface area (Å²) in [5.41, 5.74) is 2.96. The van der Waals surface area contributed by atoms with Crippen LogP contribution in [0, 0.1) is 11.8 Å². The fraction of sp³-hybridized carbons (Fsp3) is 0.381. The number of aromatic hydroxyl groups is 1. The first-order valence-electron chi connectivity index (χ1n) is 8.96. The number of ether oxygens (including phenoxy) is 4. The number of fused-ring (bicyclic) bond motifs is 2. The van der Waals surface area contributed by atoms with E-state index < -0.39 is 0 Å². The summed E-state index contributed by atoms with van der Waals surface area (Å²) in [5, 5.41) is 10.2. The Morgan fingerprint density at radius 1 is 1.04 bits per heavy atom. The molecule has 6 nitrogen and oxygen atoms in total. The van der Waals surface area contributed by atoms with E-state index in [1.54, 1.807) is 20.3 Å². The lowest BCUT2D eigenvalue weighted by Crippen LogP contribution is -2.31. The average molecular weight is 449 g/mol. The Kier molecular flexibility index (Phi) is 4.87. The summed E-state index contributed by atoms with van der Waals surface area (Å²) in [7, 11) is 4.70. The Hall–Kier alpha value is -2.41. The van der Waals surface area contributed by atoms with Crippen LogP contribution in [0.1, 0.15) is 22.6 Å². The maximum Gasteiger partial charge on any atom is 0.310 e. The van der Waals surface area contributed by atoms with Crippen LogP contribution < -0.4 is 14.2 Å². The maximum absolute atomic E-state index is 12.6. The number of carbonyl (C=O) groups excluding carboxylic acids is 1. The van der Waals surface area contributed by atoms with Crippen LogP contribution in [0.25, 0.3) is 0 Å². The molecule has 0 amide bonds. The monoisotopic (exact) mass is 448 g/mol. The quantitative estimate of drug-likeness (QED) is 0.719. The number of cyclic esters (lactones) is 1. The lowest BCUT2D eigenvalue weighted by atomic mass is 9.67. The number of phenolic OH excluding ortho intramolecular Hbond substituents is 1. The predicted molar refractivity (Wildman–Crippen MR) is 105 cm³/mol. The molecule has 0 saturated carbocycles. The summed E-state index contributed by atoms with van der Waals surface area (Å²) >= 11 is 3.39. The van der Waals surface area contributed by atoms with Crippen molar-refractivity contribution in [2.24, 2.45) is 11.8 Å². The Labute approximate surface area is 171 Å². The van der Waals surface area contributed by atoms with E-state index in [0.29, 0.717) is 28.3 Å². The van der Waals surface area contributed by atoms with Crippen LogP contribution in [0.4, 0.5) is 0 Å². The third-order valence-electron chi connectivity index (χ3n) is 5.67.